The van der Waals surface area contributed by atoms with Crippen LogP contribution in [0.1, 0.15) is 27.2 Å². The summed E-state index contributed by atoms with van der Waals surface area (Å²) in [5.74, 6) is 0.756. The van der Waals surface area contributed by atoms with Crippen LogP contribution in [-0.2, 0) is 10.0 Å². The van der Waals surface area contributed by atoms with E-state index in [9.17, 15) is 13.2 Å². The van der Waals surface area contributed by atoms with Crippen LogP contribution in [-0.4, -0.2) is 56.8 Å². The van der Waals surface area contributed by atoms with Gasteiger partial charge in [0.15, 0.2) is 5.76 Å². The van der Waals surface area contributed by atoms with Crippen LogP contribution in [0.15, 0.2) is 45.7 Å². The third kappa shape index (κ3) is 3.81. The summed E-state index contributed by atoms with van der Waals surface area (Å²) < 4.78 is 38.8. The minimum absolute atomic E-state index is 0.226. The van der Waals surface area contributed by atoms with Crippen molar-refractivity contribution in [2.24, 2.45) is 0 Å². The number of benzene rings is 2. The van der Waals surface area contributed by atoms with E-state index in [2.05, 4.69) is 0 Å². The van der Waals surface area contributed by atoms with Crippen LogP contribution in [0.4, 0.5) is 0 Å². The number of amides is 1. The van der Waals surface area contributed by atoms with Gasteiger partial charge in [-0.2, -0.15) is 4.31 Å². The second kappa shape index (κ2) is 8.01. The van der Waals surface area contributed by atoms with Crippen molar-refractivity contribution in [3.63, 3.8) is 0 Å². The van der Waals surface area contributed by atoms with E-state index in [1.54, 1.807) is 37.1 Å². The van der Waals surface area contributed by atoms with Crippen LogP contribution in [0.25, 0.3) is 11.0 Å². The van der Waals surface area contributed by atoms with E-state index >= 15 is 0 Å². The maximum atomic E-state index is 13.1. The number of carbonyl (C=O) groups excluding carboxylic acids is 1. The van der Waals surface area contributed by atoms with Gasteiger partial charge in [0.05, 0.1) is 12.0 Å². The molecule has 0 unspecified atom stereocenters. The van der Waals surface area contributed by atoms with Gasteiger partial charge in [0.2, 0.25) is 10.0 Å². The van der Waals surface area contributed by atoms with Crippen LogP contribution in [0.5, 0.6) is 5.75 Å². The highest BCUT2D eigenvalue weighted by Crippen LogP contribution is 2.30. The topological polar surface area (TPSA) is 80.1 Å². The summed E-state index contributed by atoms with van der Waals surface area (Å²) in [5, 5.41) is 0.832. The molecule has 2 aromatic carbocycles. The SMILES string of the molecule is COc1ccc2oc(C(=O)N3CCN(S(=O)(=O)c4cc(C)ccc4C)CC3)c(C)c2c1. The fourth-order valence-corrected chi connectivity index (χ4v) is 5.66. The molecule has 1 fully saturated rings. The molecular formula is C23H26N2O5S. The van der Waals surface area contributed by atoms with Gasteiger partial charge in [-0.15, -0.1) is 0 Å². The molecule has 1 amide bonds. The summed E-state index contributed by atoms with van der Waals surface area (Å²) in [5.41, 5.74) is 2.99. The van der Waals surface area contributed by atoms with Crippen molar-refractivity contribution in [1.82, 2.24) is 9.21 Å². The fraction of sp³-hybridized carbons (Fsp3) is 0.348. The Morgan fingerprint density at radius 3 is 2.39 bits per heavy atom. The van der Waals surface area contributed by atoms with Crippen molar-refractivity contribution in [1.29, 1.82) is 0 Å². The minimum Gasteiger partial charge on any atom is -0.497 e. The number of hydrogen-bond acceptors (Lipinski definition) is 5. The van der Waals surface area contributed by atoms with Gasteiger partial charge in [-0.1, -0.05) is 12.1 Å². The van der Waals surface area contributed by atoms with Gasteiger partial charge in [-0.05, 0) is 56.2 Å². The lowest BCUT2D eigenvalue weighted by molar-refractivity contribution is 0.0667. The molecule has 3 aromatic rings. The molecule has 2 heterocycles. The number of carbonyl (C=O) groups is 1. The number of sulfonamides is 1. The van der Waals surface area contributed by atoms with E-state index in [-0.39, 0.29) is 24.8 Å². The number of fused-ring (bicyclic) bond motifs is 1. The van der Waals surface area contributed by atoms with Gasteiger partial charge in [0, 0.05) is 37.1 Å². The molecule has 0 bridgehead atoms. The zero-order valence-electron chi connectivity index (χ0n) is 18.1. The normalized spacial score (nSPS) is 15.4. The van der Waals surface area contributed by atoms with Crippen molar-refractivity contribution in [3.05, 3.63) is 58.8 Å². The first-order valence-electron chi connectivity index (χ1n) is 10.2. The average molecular weight is 443 g/mol. The summed E-state index contributed by atoms with van der Waals surface area (Å²) in [6, 6.07) is 10.8. The molecule has 1 saturated heterocycles. The third-order valence-corrected chi connectivity index (χ3v) is 7.87. The molecule has 1 aliphatic rings. The largest absolute Gasteiger partial charge is 0.497 e. The predicted octanol–water partition coefficient (Wildman–Crippen LogP) is 3.51. The first-order valence-corrected chi connectivity index (χ1v) is 11.6. The Kier molecular flexibility index (Phi) is 5.53. The molecular weight excluding hydrogens is 416 g/mol. The Hall–Kier alpha value is -2.84. The second-order valence-corrected chi connectivity index (χ2v) is 9.79. The average Bonchev–Trinajstić information content (AvgIpc) is 3.10. The van der Waals surface area contributed by atoms with Crippen LogP contribution in [0, 0.1) is 20.8 Å². The number of piperazine rings is 1. The first kappa shape index (κ1) is 21.4. The van der Waals surface area contributed by atoms with E-state index in [0.29, 0.717) is 29.3 Å². The summed E-state index contributed by atoms with van der Waals surface area (Å²) in [6.07, 6.45) is 0. The Labute approximate surface area is 182 Å². The zero-order chi connectivity index (χ0) is 22.3. The number of aryl methyl sites for hydroxylation is 3. The Balaban J connectivity index is 1.52. The Morgan fingerprint density at radius 1 is 1.00 bits per heavy atom. The van der Waals surface area contributed by atoms with Crippen molar-refractivity contribution < 1.29 is 22.4 Å². The molecule has 1 aliphatic heterocycles. The highest BCUT2D eigenvalue weighted by molar-refractivity contribution is 7.89. The second-order valence-electron chi connectivity index (χ2n) is 7.88. The number of methoxy groups -OCH3 is 1. The summed E-state index contributed by atoms with van der Waals surface area (Å²) >= 11 is 0. The maximum absolute atomic E-state index is 13.1. The molecule has 0 aliphatic carbocycles. The minimum atomic E-state index is -3.61. The van der Waals surface area contributed by atoms with E-state index in [1.165, 1.54) is 4.31 Å². The van der Waals surface area contributed by atoms with Crippen molar-refractivity contribution >= 4 is 26.9 Å². The van der Waals surface area contributed by atoms with Gasteiger partial charge in [0.25, 0.3) is 5.91 Å². The molecule has 0 atom stereocenters. The number of rotatable bonds is 4. The smallest absolute Gasteiger partial charge is 0.289 e. The molecule has 0 N–H and O–H groups in total. The molecule has 0 radical (unpaired) electrons. The van der Waals surface area contributed by atoms with Gasteiger partial charge in [-0.3, -0.25) is 4.79 Å². The van der Waals surface area contributed by atoms with Crippen LogP contribution in [0.3, 0.4) is 0 Å². The van der Waals surface area contributed by atoms with Gasteiger partial charge < -0.3 is 14.1 Å². The Morgan fingerprint density at radius 2 is 1.71 bits per heavy atom. The lowest BCUT2D eigenvalue weighted by Gasteiger charge is -2.34. The molecule has 4 rings (SSSR count). The lowest BCUT2D eigenvalue weighted by Crippen LogP contribution is -2.50. The predicted molar refractivity (Wildman–Crippen MR) is 118 cm³/mol. The number of ether oxygens (including phenoxy) is 1. The van der Waals surface area contributed by atoms with Gasteiger partial charge in [-0.25, -0.2) is 8.42 Å². The van der Waals surface area contributed by atoms with E-state index in [0.717, 1.165) is 22.1 Å². The van der Waals surface area contributed by atoms with E-state index < -0.39 is 10.0 Å². The molecule has 1 aromatic heterocycles. The lowest BCUT2D eigenvalue weighted by atomic mass is 10.1. The monoisotopic (exact) mass is 442 g/mol. The van der Waals surface area contributed by atoms with Gasteiger partial charge >= 0.3 is 0 Å². The van der Waals surface area contributed by atoms with Crippen LogP contribution < -0.4 is 4.74 Å². The third-order valence-electron chi connectivity index (χ3n) is 5.82. The zero-order valence-corrected chi connectivity index (χ0v) is 19.0. The molecule has 31 heavy (non-hydrogen) atoms. The molecule has 7 nitrogen and oxygen atoms in total. The maximum Gasteiger partial charge on any atom is 0.289 e. The highest BCUT2D eigenvalue weighted by atomic mass is 32.2. The van der Waals surface area contributed by atoms with Crippen molar-refractivity contribution in [2.45, 2.75) is 25.7 Å². The standard InChI is InChI=1S/C23H26N2O5S/c1-15-5-6-16(2)21(13-15)31(27,28)25-11-9-24(10-12-25)23(26)22-17(3)19-14-18(29-4)7-8-20(19)30-22/h5-8,13-14H,9-12H2,1-4H3. The quantitative estimate of drug-likeness (QED) is 0.618. The van der Waals surface area contributed by atoms with Crippen LogP contribution in [0.2, 0.25) is 0 Å². The molecule has 0 saturated carbocycles. The van der Waals surface area contributed by atoms with Crippen molar-refractivity contribution in [3.8, 4) is 5.75 Å². The summed E-state index contributed by atoms with van der Waals surface area (Å²) in [7, 11) is -2.02. The highest BCUT2D eigenvalue weighted by Gasteiger charge is 2.33. The number of hydrogen-bond donors (Lipinski definition) is 0. The first-order chi connectivity index (χ1) is 14.7. The molecule has 0 spiro atoms. The van der Waals surface area contributed by atoms with E-state index in [1.807, 2.05) is 32.0 Å². The fourth-order valence-electron chi connectivity index (χ4n) is 3.93. The summed E-state index contributed by atoms with van der Waals surface area (Å²) in [4.78, 5) is 15.1. The molecule has 164 valence electrons. The number of furan rings is 1. The summed E-state index contributed by atoms with van der Waals surface area (Å²) in [6.45, 7) is 6.63. The Bertz CT molecular complexity index is 1250. The van der Waals surface area contributed by atoms with Gasteiger partial charge in [0.1, 0.15) is 11.3 Å². The van der Waals surface area contributed by atoms with Crippen LogP contribution >= 0.6 is 0 Å². The number of nitrogens with zero attached hydrogens (tertiary/aromatic N) is 2. The molecule has 8 heteroatoms. The van der Waals surface area contributed by atoms with Crippen molar-refractivity contribution in [2.75, 3.05) is 33.3 Å². The van der Waals surface area contributed by atoms with E-state index in [4.69, 9.17) is 9.15 Å².